The van der Waals surface area contributed by atoms with Crippen LogP contribution in [0.3, 0.4) is 0 Å². The third kappa shape index (κ3) is 5.10. The van der Waals surface area contributed by atoms with Crippen LogP contribution in [0.15, 0.2) is 78.9 Å². The van der Waals surface area contributed by atoms with E-state index in [1.165, 1.54) is 0 Å². The second-order valence-electron chi connectivity index (χ2n) is 7.58. The summed E-state index contributed by atoms with van der Waals surface area (Å²) in [6.07, 6.45) is 0. The average molecular weight is 475 g/mol. The largest absolute Gasteiger partial charge is 0.495 e. The predicted molar refractivity (Wildman–Crippen MR) is 133 cm³/mol. The fourth-order valence-electron chi connectivity index (χ4n) is 3.51. The first-order chi connectivity index (χ1) is 16.5. The second kappa shape index (κ2) is 10.2. The molecule has 0 fully saturated rings. The number of rotatable bonds is 7. The molecule has 0 saturated carbocycles. The number of halogens is 1. The van der Waals surface area contributed by atoms with E-state index >= 15 is 0 Å². The van der Waals surface area contributed by atoms with Gasteiger partial charge in [-0.15, -0.1) is 0 Å². The van der Waals surface area contributed by atoms with Gasteiger partial charge in [-0.2, -0.15) is 5.10 Å². The molecule has 0 aliphatic carbocycles. The molecule has 4 rings (SSSR count). The highest BCUT2D eigenvalue weighted by Gasteiger charge is 2.21. The highest BCUT2D eigenvalue weighted by molar-refractivity contribution is 6.33. The fraction of sp³-hybridized carbons (Fsp3) is 0.115. The maximum atomic E-state index is 12.9. The van der Waals surface area contributed by atoms with E-state index in [4.69, 9.17) is 16.3 Å². The molecule has 0 spiro atoms. The van der Waals surface area contributed by atoms with Crippen LogP contribution in [0.4, 0.5) is 11.4 Å². The molecule has 2 amide bonds. The van der Waals surface area contributed by atoms with E-state index in [1.807, 2.05) is 42.5 Å². The van der Waals surface area contributed by atoms with Crippen LogP contribution < -0.4 is 15.4 Å². The first-order valence-corrected chi connectivity index (χ1v) is 11.0. The van der Waals surface area contributed by atoms with Crippen LogP contribution in [-0.4, -0.2) is 28.7 Å². The second-order valence-corrected chi connectivity index (χ2v) is 7.94. The van der Waals surface area contributed by atoms with E-state index in [9.17, 15) is 9.59 Å². The molecule has 3 aromatic carbocycles. The Labute approximate surface area is 202 Å². The van der Waals surface area contributed by atoms with Crippen LogP contribution in [-0.2, 0) is 6.54 Å². The number of aromatic nitrogens is 2. The van der Waals surface area contributed by atoms with Crippen LogP contribution in [0.2, 0.25) is 5.15 Å². The minimum Gasteiger partial charge on any atom is -0.495 e. The van der Waals surface area contributed by atoms with Gasteiger partial charge in [0.25, 0.3) is 11.8 Å². The molecule has 2 N–H and O–H groups in total. The van der Waals surface area contributed by atoms with Gasteiger partial charge in [-0.25, -0.2) is 4.68 Å². The number of methoxy groups -OCH3 is 1. The monoisotopic (exact) mass is 474 g/mol. The summed E-state index contributed by atoms with van der Waals surface area (Å²) in [7, 11) is 1.54. The zero-order valence-electron chi connectivity index (χ0n) is 18.7. The van der Waals surface area contributed by atoms with Crippen molar-refractivity contribution in [3.63, 3.8) is 0 Å². The van der Waals surface area contributed by atoms with Crippen molar-refractivity contribution < 1.29 is 14.3 Å². The van der Waals surface area contributed by atoms with Crippen molar-refractivity contribution in [3.8, 4) is 5.75 Å². The van der Waals surface area contributed by atoms with E-state index in [1.54, 1.807) is 55.1 Å². The predicted octanol–water partition coefficient (Wildman–Crippen LogP) is 5.41. The van der Waals surface area contributed by atoms with Crippen molar-refractivity contribution >= 4 is 34.8 Å². The summed E-state index contributed by atoms with van der Waals surface area (Å²) in [5.74, 6) is -0.0868. The molecule has 34 heavy (non-hydrogen) atoms. The zero-order chi connectivity index (χ0) is 24.1. The molecule has 1 heterocycles. The fourth-order valence-corrected chi connectivity index (χ4v) is 3.83. The lowest BCUT2D eigenvalue weighted by atomic mass is 10.1. The lowest BCUT2D eigenvalue weighted by Gasteiger charge is -2.10. The van der Waals surface area contributed by atoms with Gasteiger partial charge < -0.3 is 15.4 Å². The Bertz CT molecular complexity index is 1320. The highest BCUT2D eigenvalue weighted by atomic mass is 35.5. The first kappa shape index (κ1) is 23.1. The van der Waals surface area contributed by atoms with E-state index in [0.717, 1.165) is 5.56 Å². The molecule has 0 radical (unpaired) electrons. The molecule has 4 aromatic rings. The standard InChI is InChI=1S/C26H23ClN4O3/c1-17-23(24(27)31(30-17)16-18-8-4-3-5-9-18)26(33)28-20-14-12-19(13-15-20)25(32)29-21-10-6-7-11-22(21)34-2/h3-15H,16H2,1-2H3,(H,28,33)(H,29,32). The molecule has 0 atom stereocenters. The van der Waals surface area contributed by atoms with Crippen molar-refractivity contribution in [2.24, 2.45) is 0 Å². The zero-order valence-corrected chi connectivity index (χ0v) is 19.5. The molecule has 7 nitrogen and oxygen atoms in total. The Morgan fingerprint density at radius 1 is 0.912 bits per heavy atom. The molecule has 0 aliphatic heterocycles. The summed E-state index contributed by atoms with van der Waals surface area (Å²) in [5.41, 5.74) is 3.42. The number of hydrogen-bond donors (Lipinski definition) is 2. The van der Waals surface area contributed by atoms with Crippen LogP contribution >= 0.6 is 11.6 Å². The number of nitrogens with zero attached hydrogens (tertiary/aromatic N) is 2. The summed E-state index contributed by atoms with van der Waals surface area (Å²) >= 11 is 6.49. The molecule has 172 valence electrons. The summed E-state index contributed by atoms with van der Waals surface area (Å²) in [5, 5.41) is 10.3. The topological polar surface area (TPSA) is 85.2 Å². The number of carbonyl (C=O) groups is 2. The Kier molecular flexibility index (Phi) is 6.94. The first-order valence-electron chi connectivity index (χ1n) is 10.6. The highest BCUT2D eigenvalue weighted by Crippen LogP contribution is 2.25. The number of aryl methyl sites for hydroxylation is 1. The molecule has 0 saturated heterocycles. The lowest BCUT2D eigenvalue weighted by Crippen LogP contribution is -2.15. The van der Waals surface area contributed by atoms with Gasteiger partial charge >= 0.3 is 0 Å². The number of nitrogens with one attached hydrogen (secondary N) is 2. The van der Waals surface area contributed by atoms with Crippen molar-refractivity contribution in [1.82, 2.24) is 9.78 Å². The van der Waals surface area contributed by atoms with Gasteiger partial charge in [0, 0.05) is 11.3 Å². The molecule has 0 unspecified atom stereocenters. The minimum absolute atomic E-state index is 0.270. The number of para-hydroxylation sites is 2. The number of ether oxygens (including phenoxy) is 1. The van der Waals surface area contributed by atoms with Gasteiger partial charge in [0.1, 0.15) is 10.9 Å². The third-order valence-electron chi connectivity index (χ3n) is 5.23. The van der Waals surface area contributed by atoms with E-state index < -0.39 is 0 Å². The molecule has 1 aromatic heterocycles. The normalized spacial score (nSPS) is 10.6. The van der Waals surface area contributed by atoms with E-state index in [0.29, 0.717) is 40.5 Å². The van der Waals surface area contributed by atoms with Crippen LogP contribution in [0, 0.1) is 6.92 Å². The number of anilines is 2. The molecule has 8 heteroatoms. The van der Waals surface area contributed by atoms with Gasteiger partial charge in [0.2, 0.25) is 0 Å². The van der Waals surface area contributed by atoms with Crippen molar-refractivity contribution in [3.05, 3.63) is 106 Å². The molecular formula is C26H23ClN4O3. The summed E-state index contributed by atoms with van der Waals surface area (Å²) in [4.78, 5) is 25.5. The number of hydrogen-bond acceptors (Lipinski definition) is 4. The summed E-state index contributed by atoms with van der Waals surface area (Å²) in [6, 6.07) is 23.5. The molecule has 0 bridgehead atoms. The number of amides is 2. The van der Waals surface area contributed by atoms with Gasteiger partial charge in [-0.3, -0.25) is 9.59 Å². The van der Waals surface area contributed by atoms with Gasteiger partial charge in [-0.05, 0) is 48.9 Å². The number of benzene rings is 3. The Balaban J connectivity index is 1.44. The van der Waals surface area contributed by atoms with Gasteiger partial charge in [0.15, 0.2) is 0 Å². The van der Waals surface area contributed by atoms with Gasteiger partial charge in [-0.1, -0.05) is 54.1 Å². The summed E-state index contributed by atoms with van der Waals surface area (Å²) < 4.78 is 6.86. The van der Waals surface area contributed by atoms with Crippen molar-refractivity contribution in [2.75, 3.05) is 17.7 Å². The summed E-state index contributed by atoms with van der Waals surface area (Å²) in [6.45, 7) is 2.21. The van der Waals surface area contributed by atoms with Crippen LogP contribution in [0.25, 0.3) is 0 Å². The Morgan fingerprint density at radius 2 is 1.59 bits per heavy atom. The Morgan fingerprint density at radius 3 is 2.29 bits per heavy atom. The minimum atomic E-state index is -0.368. The smallest absolute Gasteiger partial charge is 0.260 e. The van der Waals surface area contributed by atoms with Crippen LogP contribution in [0.5, 0.6) is 5.75 Å². The van der Waals surface area contributed by atoms with Crippen molar-refractivity contribution in [1.29, 1.82) is 0 Å². The Hall–Kier alpha value is -4.10. The molecular weight excluding hydrogens is 452 g/mol. The maximum Gasteiger partial charge on any atom is 0.260 e. The quantitative estimate of drug-likeness (QED) is 0.375. The van der Waals surface area contributed by atoms with E-state index in [-0.39, 0.29) is 17.0 Å². The number of carbonyl (C=O) groups excluding carboxylic acids is 2. The van der Waals surface area contributed by atoms with Gasteiger partial charge in [0.05, 0.1) is 30.6 Å². The maximum absolute atomic E-state index is 12.9. The van der Waals surface area contributed by atoms with E-state index in [2.05, 4.69) is 15.7 Å². The third-order valence-corrected chi connectivity index (χ3v) is 5.61. The SMILES string of the molecule is COc1ccccc1NC(=O)c1ccc(NC(=O)c2c(C)nn(Cc3ccccc3)c2Cl)cc1. The molecule has 0 aliphatic rings. The average Bonchev–Trinajstić information content (AvgIpc) is 3.13. The van der Waals surface area contributed by atoms with Crippen LogP contribution in [0.1, 0.15) is 32.0 Å². The van der Waals surface area contributed by atoms with Crippen molar-refractivity contribution in [2.45, 2.75) is 13.5 Å². The lowest BCUT2D eigenvalue weighted by molar-refractivity contribution is 0.101.